The molecule has 21 heavy (non-hydrogen) atoms. The molecule has 0 aromatic heterocycles. The molecule has 2 N–H and O–H groups in total. The summed E-state index contributed by atoms with van der Waals surface area (Å²) in [5.41, 5.74) is 1.50. The second kappa shape index (κ2) is 9.35. The first-order valence-electron chi connectivity index (χ1n) is 7.76. The third kappa shape index (κ3) is 6.58. The normalized spacial score (nSPS) is 13.5. The highest BCUT2D eigenvalue weighted by atomic mass is 16.3. The van der Waals surface area contributed by atoms with Crippen molar-refractivity contribution in [3.05, 3.63) is 48.0 Å². The van der Waals surface area contributed by atoms with E-state index >= 15 is 0 Å². The van der Waals surface area contributed by atoms with E-state index < -0.39 is 6.10 Å². The molecule has 3 heteroatoms. The Kier molecular flexibility index (Phi) is 7.76. The number of amides is 1. The minimum absolute atomic E-state index is 0.0623. The second-order valence-corrected chi connectivity index (χ2v) is 5.56. The molecule has 1 rings (SSSR count). The second-order valence-electron chi connectivity index (χ2n) is 5.56. The van der Waals surface area contributed by atoms with Crippen molar-refractivity contribution in [3.63, 3.8) is 0 Å². The molecular formula is C18H27NO2. The van der Waals surface area contributed by atoms with E-state index in [9.17, 15) is 9.90 Å². The predicted molar refractivity (Wildman–Crippen MR) is 86.9 cm³/mol. The molecule has 3 nitrogen and oxygen atoms in total. The minimum atomic E-state index is -0.471. The van der Waals surface area contributed by atoms with Gasteiger partial charge in [0.1, 0.15) is 0 Å². The zero-order chi connectivity index (χ0) is 15.7. The average molecular weight is 289 g/mol. The summed E-state index contributed by atoms with van der Waals surface area (Å²) < 4.78 is 0. The maximum Gasteiger partial charge on any atom is 0.247 e. The minimum Gasteiger partial charge on any atom is -0.393 e. The average Bonchev–Trinajstić information content (AvgIpc) is 2.48. The van der Waals surface area contributed by atoms with Crippen molar-refractivity contribution in [3.8, 4) is 0 Å². The van der Waals surface area contributed by atoms with Gasteiger partial charge in [0.2, 0.25) is 5.91 Å². The molecule has 0 heterocycles. The Morgan fingerprint density at radius 1 is 1.29 bits per heavy atom. The summed E-state index contributed by atoms with van der Waals surface area (Å²) in [5, 5.41) is 12.8. The summed E-state index contributed by atoms with van der Waals surface area (Å²) in [6.45, 7) is 7.87. The van der Waals surface area contributed by atoms with Gasteiger partial charge in [-0.2, -0.15) is 0 Å². The number of benzene rings is 1. The van der Waals surface area contributed by atoms with Crippen LogP contribution in [0.4, 0.5) is 0 Å². The van der Waals surface area contributed by atoms with Gasteiger partial charge >= 0.3 is 0 Å². The molecule has 2 unspecified atom stereocenters. The van der Waals surface area contributed by atoms with Gasteiger partial charge in [0, 0.05) is 12.0 Å². The summed E-state index contributed by atoms with van der Waals surface area (Å²) in [6, 6.07) is 9.74. The van der Waals surface area contributed by atoms with Crippen LogP contribution in [0.2, 0.25) is 0 Å². The number of aliphatic hydroxyl groups is 1. The van der Waals surface area contributed by atoms with E-state index in [0.717, 1.165) is 31.2 Å². The molecule has 1 amide bonds. The summed E-state index contributed by atoms with van der Waals surface area (Å²) in [4.78, 5) is 12.1. The lowest BCUT2D eigenvalue weighted by Crippen LogP contribution is -2.29. The van der Waals surface area contributed by atoms with Crippen molar-refractivity contribution >= 4 is 5.91 Å². The molecule has 2 atom stereocenters. The lowest BCUT2D eigenvalue weighted by Gasteiger charge is -2.17. The molecule has 0 fully saturated rings. The van der Waals surface area contributed by atoms with Crippen LogP contribution in [0, 0.1) is 0 Å². The standard InChI is InChI=1S/C18H27NO2/c1-4-5-7-12-17(20)13-14(2)18(21)19-15(3)16-10-8-6-9-11-16/h6,8-11,15,17,20H,2,4-5,7,12-13H2,1,3H3,(H,19,21). The van der Waals surface area contributed by atoms with Crippen LogP contribution in [-0.2, 0) is 4.79 Å². The highest BCUT2D eigenvalue weighted by Crippen LogP contribution is 2.14. The van der Waals surface area contributed by atoms with Gasteiger partial charge in [0.05, 0.1) is 12.1 Å². The molecule has 0 spiro atoms. The molecule has 0 bridgehead atoms. The number of nitrogens with one attached hydrogen (secondary N) is 1. The Balaban J connectivity index is 2.39. The number of hydrogen-bond acceptors (Lipinski definition) is 2. The van der Waals surface area contributed by atoms with E-state index in [0.29, 0.717) is 12.0 Å². The maximum absolute atomic E-state index is 12.1. The maximum atomic E-state index is 12.1. The highest BCUT2D eigenvalue weighted by Gasteiger charge is 2.15. The number of aliphatic hydroxyl groups excluding tert-OH is 1. The fraction of sp³-hybridized carbons (Fsp3) is 0.500. The number of rotatable bonds is 9. The van der Waals surface area contributed by atoms with E-state index in [-0.39, 0.29) is 11.9 Å². The highest BCUT2D eigenvalue weighted by molar-refractivity contribution is 5.93. The van der Waals surface area contributed by atoms with Gasteiger partial charge < -0.3 is 10.4 Å². The zero-order valence-corrected chi connectivity index (χ0v) is 13.1. The number of carbonyl (C=O) groups is 1. The molecule has 1 aromatic carbocycles. The van der Waals surface area contributed by atoms with Crippen molar-refractivity contribution in [1.29, 1.82) is 0 Å². The van der Waals surface area contributed by atoms with Crippen LogP contribution in [0.5, 0.6) is 0 Å². The van der Waals surface area contributed by atoms with E-state index in [1.54, 1.807) is 0 Å². The van der Waals surface area contributed by atoms with Crippen LogP contribution in [0.1, 0.15) is 57.6 Å². The van der Waals surface area contributed by atoms with Gasteiger partial charge in [-0.1, -0.05) is 63.1 Å². The molecule has 0 saturated heterocycles. The van der Waals surface area contributed by atoms with Crippen LogP contribution < -0.4 is 5.32 Å². The van der Waals surface area contributed by atoms with E-state index in [1.165, 1.54) is 0 Å². The van der Waals surface area contributed by atoms with Crippen molar-refractivity contribution in [1.82, 2.24) is 5.32 Å². The smallest absolute Gasteiger partial charge is 0.247 e. The molecule has 0 aliphatic rings. The Hall–Kier alpha value is -1.61. The zero-order valence-electron chi connectivity index (χ0n) is 13.1. The van der Waals surface area contributed by atoms with Gasteiger partial charge in [-0.05, 0) is 18.9 Å². The van der Waals surface area contributed by atoms with Crippen molar-refractivity contribution in [2.75, 3.05) is 0 Å². The van der Waals surface area contributed by atoms with Gasteiger partial charge in [-0.25, -0.2) is 0 Å². The summed E-state index contributed by atoms with van der Waals surface area (Å²) in [5.74, 6) is -0.180. The lowest BCUT2D eigenvalue weighted by atomic mass is 10.0. The van der Waals surface area contributed by atoms with E-state index in [2.05, 4.69) is 18.8 Å². The van der Waals surface area contributed by atoms with Crippen molar-refractivity contribution < 1.29 is 9.90 Å². The van der Waals surface area contributed by atoms with E-state index in [1.807, 2.05) is 37.3 Å². The number of hydrogen-bond donors (Lipinski definition) is 2. The van der Waals surface area contributed by atoms with Crippen LogP contribution in [0.3, 0.4) is 0 Å². The molecule has 1 aromatic rings. The van der Waals surface area contributed by atoms with Gasteiger partial charge in [-0.3, -0.25) is 4.79 Å². The largest absolute Gasteiger partial charge is 0.393 e. The Morgan fingerprint density at radius 3 is 2.57 bits per heavy atom. The quantitative estimate of drug-likeness (QED) is 0.537. The predicted octanol–water partition coefficient (Wildman–Crippen LogP) is 3.75. The third-order valence-electron chi connectivity index (χ3n) is 3.59. The topological polar surface area (TPSA) is 49.3 Å². The summed E-state index contributed by atoms with van der Waals surface area (Å²) in [6.07, 6.45) is 3.84. The Bertz CT molecular complexity index is 442. The van der Waals surface area contributed by atoms with Crippen molar-refractivity contribution in [2.45, 2.75) is 58.1 Å². The first kappa shape index (κ1) is 17.4. The molecule has 0 radical (unpaired) electrons. The molecular weight excluding hydrogens is 262 g/mol. The van der Waals surface area contributed by atoms with Gasteiger partial charge in [0.25, 0.3) is 0 Å². The van der Waals surface area contributed by atoms with Crippen LogP contribution >= 0.6 is 0 Å². The first-order chi connectivity index (χ1) is 10.0. The van der Waals surface area contributed by atoms with Gasteiger partial charge in [-0.15, -0.1) is 0 Å². The first-order valence-corrected chi connectivity index (χ1v) is 7.76. The fourth-order valence-corrected chi connectivity index (χ4v) is 2.23. The van der Waals surface area contributed by atoms with Crippen molar-refractivity contribution in [2.24, 2.45) is 0 Å². The third-order valence-corrected chi connectivity index (χ3v) is 3.59. The molecule has 0 aliphatic carbocycles. The number of carbonyl (C=O) groups excluding carboxylic acids is 1. The van der Waals surface area contributed by atoms with E-state index in [4.69, 9.17) is 0 Å². The Morgan fingerprint density at radius 2 is 1.95 bits per heavy atom. The van der Waals surface area contributed by atoms with Crippen LogP contribution in [0.15, 0.2) is 42.5 Å². The summed E-state index contributed by atoms with van der Waals surface area (Å²) in [7, 11) is 0. The van der Waals surface area contributed by atoms with Crippen LogP contribution in [-0.4, -0.2) is 17.1 Å². The SMILES string of the molecule is C=C(CC(O)CCCCC)C(=O)NC(C)c1ccccc1. The lowest BCUT2D eigenvalue weighted by molar-refractivity contribution is -0.118. The molecule has 0 aliphatic heterocycles. The van der Waals surface area contributed by atoms with Crippen LogP contribution in [0.25, 0.3) is 0 Å². The fourth-order valence-electron chi connectivity index (χ4n) is 2.23. The monoisotopic (exact) mass is 289 g/mol. The molecule has 116 valence electrons. The number of unbranched alkanes of at least 4 members (excludes halogenated alkanes) is 2. The summed E-state index contributed by atoms with van der Waals surface area (Å²) >= 11 is 0. The molecule has 0 saturated carbocycles. The van der Waals surface area contributed by atoms with Gasteiger partial charge in [0.15, 0.2) is 0 Å². The Labute approximate surface area is 128 Å².